The minimum atomic E-state index is -3.72. The highest BCUT2D eigenvalue weighted by Crippen LogP contribution is 2.21. The van der Waals surface area contributed by atoms with E-state index in [1.807, 2.05) is 0 Å². The van der Waals surface area contributed by atoms with E-state index in [1.165, 1.54) is 28.6 Å². The zero-order valence-corrected chi connectivity index (χ0v) is 15.7. The molecule has 1 N–H and O–H groups in total. The van der Waals surface area contributed by atoms with E-state index in [-0.39, 0.29) is 48.0 Å². The summed E-state index contributed by atoms with van der Waals surface area (Å²) in [5, 5.41) is 13.8. The number of carbonyl (C=O) groups excluding carboxylic acids is 1. The molecule has 1 aromatic rings. The van der Waals surface area contributed by atoms with Gasteiger partial charge < -0.3 is 10.2 Å². The minimum absolute atomic E-state index is 0. The van der Waals surface area contributed by atoms with Crippen LogP contribution in [-0.4, -0.2) is 67.2 Å². The summed E-state index contributed by atoms with van der Waals surface area (Å²) in [4.78, 5) is 24.2. The molecule has 0 radical (unpaired) electrons. The lowest BCUT2D eigenvalue weighted by molar-refractivity contribution is -0.384. The molecule has 26 heavy (non-hydrogen) atoms. The van der Waals surface area contributed by atoms with Crippen molar-refractivity contribution in [1.82, 2.24) is 14.5 Å². The van der Waals surface area contributed by atoms with E-state index in [4.69, 9.17) is 0 Å². The molecule has 2 aliphatic rings. The first-order valence-electron chi connectivity index (χ1n) is 8.16. The highest BCUT2D eigenvalue weighted by Gasteiger charge is 2.33. The monoisotopic (exact) mass is 404 g/mol. The van der Waals surface area contributed by atoms with Crippen LogP contribution in [0.15, 0.2) is 29.2 Å². The van der Waals surface area contributed by atoms with E-state index >= 15 is 0 Å². The van der Waals surface area contributed by atoms with E-state index in [9.17, 15) is 23.3 Å². The maximum atomic E-state index is 12.6. The molecule has 0 saturated carbocycles. The van der Waals surface area contributed by atoms with Gasteiger partial charge in [-0.05, 0) is 31.5 Å². The van der Waals surface area contributed by atoms with Gasteiger partial charge in [0.2, 0.25) is 15.9 Å². The zero-order valence-electron chi connectivity index (χ0n) is 14.0. The molecule has 144 valence electrons. The van der Waals surface area contributed by atoms with Crippen molar-refractivity contribution in [3.05, 3.63) is 34.4 Å². The Morgan fingerprint density at radius 2 is 1.77 bits per heavy atom. The van der Waals surface area contributed by atoms with Crippen LogP contribution in [0.5, 0.6) is 0 Å². The Morgan fingerprint density at radius 3 is 2.27 bits per heavy atom. The molecule has 2 saturated heterocycles. The van der Waals surface area contributed by atoms with E-state index in [1.54, 1.807) is 4.90 Å². The van der Waals surface area contributed by atoms with Crippen LogP contribution >= 0.6 is 12.4 Å². The summed E-state index contributed by atoms with van der Waals surface area (Å²) in [6, 6.07) is 4.69. The number of amides is 1. The standard InChI is InChI=1S/C15H20N4O5S.ClH/c20-15(14-2-1-7-16-14)17-8-10-18(11-9-17)25(23,24)13-5-3-12(4-6-13)19(21)22;/h3-6,14,16H,1-2,7-11H2;1H. The molecule has 1 aromatic carbocycles. The molecule has 2 heterocycles. The van der Waals surface area contributed by atoms with Crippen LogP contribution in [0.1, 0.15) is 12.8 Å². The SMILES string of the molecule is Cl.O=C(C1CCCN1)N1CCN(S(=O)(=O)c2ccc([N+](=O)[O-])cc2)CC1. The Labute approximate surface area is 158 Å². The lowest BCUT2D eigenvalue weighted by Gasteiger charge is -2.35. The molecule has 2 fully saturated rings. The Bertz CT molecular complexity index is 757. The molecular formula is C15H21ClN4O5S. The number of piperazine rings is 1. The average Bonchev–Trinajstić information content (AvgIpc) is 3.16. The lowest BCUT2D eigenvalue weighted by atomic mass is 10.2. The fourth-order valence-electron chi connectivity index (χ4n) is 3.15. The lowest BCUT2D eigenvalue weighted by Crippen LogP contribution is -2.54. The molecule has 0 aliphatic carbocycles. The van der Waals surface area contributed by atoms with Crippen LogP contribution in [-0.2, 0) is 14.8 Å². The van der Waals surface area contributed by atoms with Gasteiger partial charge in [-0.25, -0.2) is 8.42 Å². The first kappa shape index (κ1) is 20.6. The van der Waals surface area contributed by atoms with Gasteiger partial charge in [0, 0.05) is 38.3 Å². The number of hydrogen-bond donors (Lipinski definition) is 1. The number of hydrogen-bond acceptors (Lipinski definition) is 6. The summed E-state index contributed by atoms with van der Waals surface area (Å²) < 4.78 is 26.6. The predicted octanol–water partition coefficient (Wildman–Crippen LogP) is 0.601. The summed E-state index contributed by atoms with van der Waals surface area (Å²) in [5.74, 6) is 0.0323. The van der Waals surface area contributed by atoms with Crippen molar-refractivity contribution < 1.29 is 18.1 Å². The molecule has 1 atom stereocenters. The van der Waals surface area contributed by atoms with Crippen molar-refractivity contribution in [2.24, 2.45) is 0 Å². The van der Waals surface area contributed by atoms with Gasteiger partial charge in [-0.3, -0.25) is 14.9 Å². The number of carbonyl (C=O) groups is 1. The minimum Gasteiger partial charge on any atom is -0.339 e. The molecule has 2 aliphatic heterocycles. The number of nitrogens with one attached hydrogen (secondary N) is 1. The average molecular weight is 405 g/mol. The van der Waals surface area contributed by atoms with Crippen LogP contribution in [0.3, 0.4) is 0 Å². The van der Waals surface area contributed by atoms with Gasteiger partial charge in [0.25, 0.3) is 5.69 Å². The molecule has 1 unspecified atom stereocenters. The second-order valence-corrected chi connectivity index (χ2v) is 8.07. The summed E-state index contributed by atoms with van der Waals surface area (Å²) in [6.07, 6.45) is 1.80. The van der Waals surface area contributed by atoms with Crippen molar-refractivity contribution in [1.29, 1.82) is 0 Å². The molecular weight excluding hydrogens is 384 g/mol. The number of nitrogens with zero attached hydrogens (tertiary/aromatic N) is 3. The number of sulfonamides is 1. The number of nitro groups is 1. The van der Waals surface area contributed by atoms with Crippen molar-refractivity contribution in [3.63, 3.8) is 0 Å². The first-order valence-corrected chi connectivity index (χ1v) is 9.60. The quantitative estimate of drug-likeness (QED) is 0.580. The fourth-order valence-corrected chi connectivity index (χ4v) is 4.58. The smallest absolute Gasteiger partial charge is 0.269 e. The third-order valence-electron chi connectivity index (χ3n) is 4.59. The number of rotatable bonds is 4. The van der Waals surface area contributed by atoms with Gasteiger partial charge in [-0.1, -0.05) is 0 Å². The van der Waals surface area contributed by atoms with Gasteiger partial charge >= 0.3 is 0 Å². The number of nitro benzene ring substituents is 1. The van der Waals surface area contributed by atoms with Crippen molar-refractivity contribution >= 4 is 34.0 Å². The van der Waals surface area contributed by atoms with Gasteiger partial charge in [-0.2, -0.15) is 4.31 Å². The largest absolute Gasteiger partial charge is 0.339 e. The van der Waals surface area contributed by atoms with Gasteiger partial charge in [0.1, 0.15) is 0 Å². The Balaban J connectivity index is 0.00000243. The predicted molar refractivity (Wildman–Crippen MR) is 96.7 cm³/mol. The maximum absolute atomic E-state index is 12.6. The van der Waals surface area contributed by atoms with Gasteiger partial charge in [0.15, 0.2) is 0 Å². The molecule has 0 bridgehead atoms. The summed E-state index contributed by atoms with van der Waals surface area (Å²) in [7, 11) is -3.72. The Hall–Kier alpha value is -1.75. The molecule has 3 rings (SSSR count). The summed E-state index contributed by atoms with van der Waals surface area (Å²) >= 11 is 0. The van der Waals surface area contributed by atoms with E-state index < -0.39 is 14.9 Å². The Kier molecular flexibility index (Phi) is 6.56. The third-order valence-corrected chi connectivity index (χ3v) is 6.51. The fraction of sp³-hybridized carbons (Fsp3) is 0.533. The molecule has 11 heteroatoms. The molecule has 1 amide bonds. The number of non-ortho nitro benzene ring substituents is 1. The molecule has 9 nitrogen and oxygen atoms in total. The first-order chi connectivity index (χ1) is 11.9. The van der Waals surface area contributed by atoms with E-state index in [0.717, 1.165) is 19.4 Å². The van der Waals surface area contributed by atoms with E-state index in [2.05, 4.69) is 5.32 Å². The second-order valence-electron chi connectivity index (χ2n) is 6.13. The third kappa shape index (κ3) is 4.14. The number of halogens is 1. The zero-order chi connectivity index (χ0) is 18.0. The second kappa shape index (κ2) is 8.30. The van der Waals surface area contributed by atoms with Crippen LogP contribution in [0, 0.1) is 10.1 Å². The van der Waals surface area contributed by atoms with Crippen LogP contribution < -0.4 is 5.32 Å². The van der Waals surface area contributed by atoms with Crippen LogP contribution in [0.25, 0.3) is 0 Å². The highest BCUT2D eigenvalue weighted by atomic mass is 35.5. The van der Waals surface area contributed by atoms with Crippen molar-refractivity contribution in [2.75, 3.05) is 32.7 Å². The van der Waals surface area contributed by atoms with Gasteiger partial charge in [0.05, 0.1) is 15.9 Å². The maximum Gasteiger partial charge on any atom is 0.269 e. The van der Waals surface area contributed by atoms with Crippen molar-refractivity contribution in [3.8, 4) is 0 Å². The van der Waals surface area contributed by atoms with E-state index in [0.29, 0.717) is 13.1 Å². The summed E-state index contributed by atoms with van der Waals surface area (Å²) in [6.45, 7) is 1.98. The van der Waals surface area contributed by atoms with Crippen molar-refractivity contribution in [2.45, 2.75) is 23.8 Å². The number of benzene rings is 1. The Morgan fingerprint density at radius 1 is 1.15 bits per heavy atom. The van der Waals surface area contributed by atoms with Crippen LogP contribution in [0.4, 0.5) is 5.69 Å². The highest BCUT2D eigenvalue weighted by molar-refractivity contribution is 7.89. The molecule has 0 spiro atoms. The van der Waals surface area contributed by atoms with Crippen LogP contribution in [0.2, 0.25) is 0 Å². The normalized spacial score (nSPS) is 21.2. The molecule has 0 aromatic heterocycles. The van der Waals surface area contributed by atoms with Gasteiger partial charge in [-0.15, -0.1) is 12.4 Å². The summed E-state index contributed by atoms with van der Waals surface area (Å²) in [5.41, 5.74) is -0.154. The topological polar surface area (TPSA) is 113 Å².